The van der Waals surface area contributed by atoms with E-state index in [1.165, 1.54) is 19.0 Å². The molecule has 0 radical (unpaired) electrons. The topological polar surface area (TPSA) is 75.2 Å². The third-order valence-electron chi connectivity index (χ3n) is 5.08. The van der Waals surface area contributed by atoms with E-state index in [0.29, 0.717) is 5.69 Å². The van der Waals surface area contributed by atoms with Crippen molar-refractivity contribution in [2.75, 3.05) is 13.1 Å². The Morgan fingerprint density at radius 2 is 1.79 bits per heavy atom. The van der Waals surface area contributed by atoms with Crippen molar-refractivity contribution in [3.63, 3.8) is 0 Å². The van der Waals surface area contributed by atoms with Crippen LogP contribution < -0.4 is 5.32 Å². The second-order valence-electron chi connectivity index (χ2n) is 6.90. The minimum Gasteiger partial charge on any atom is -0.347 e. The Hall–Kier alpha value is -1.98. The van der Waals surface area contributed by atoms with Gasteiger partial charge >= 0.3 is 0 Å². The minimum atomic E-state index is -0.233. The highest BCUT2D eigenvalue weighted by Crippen LogP contribution is 2.28. The fourth-order valence-electron chi connectivity index (χ4n) is 3.71. The number of likely N-dealkylation sites (tertiary alicyclic amines) is 1. The van der Waals surface area contributed by atoms with Crippen LogP contribution >= 0.6 is 0 Å². The first-order valence-corrected chi connectivity index (χ1v) is 9.03. The summed E-state index contributed by atoms with van der Waals surface area (Å²) in [4.78, 5) is 35.5. The Bertz CT molecular complexity index is 579. The maximum absolute atomic E-state index is 12.9. The molecule has 0 bridgehead atoms. The zero-order valence-electron chi connectivity index (χ0n) is 14.3. The smallest absolute Gasteiger partial charge is 0.271 e. The molecule has 2 heterocycles. The normalized spacial score (nSPS) is 24.5. The van der Waals surface area contributed by atoms with Crippen LogP contribution in [0.1, 0.15) is 61.1 Å². The van der Waals surface area contributed by atoms with E-state index in [1.54, 1.807) is 6.20 Å². The minimum absolute atomic E-state index is 0.0867. The van der Waals surface area contributed by atoms with Gasteiger partial charge in [-0.3, -0.25) is 14.6 Å². The number of aromatic nitrogens is 2. The number of hydrogen-bond donors (Lipinski definition) is 1. The first-order chi connectivity index (χ1) is 11.6. The molecule has 2 amide bonds. The summed E-state index contributed by atoms with van der Waals surface area (Å²) < 4.78 is 0. The van der Waals surface area contributed by atoms with Gasteiger partial charge in [0.15, 0.2) is 0 Å². The molecule has 3 rings (SSSR count). The number of carbonyl (C=O) groups excluding carboxylic acids is 2. The summed E-state index contributed by atoms with van der Waals surface area (Å²) in [6.45, 7) is 3.56. The maximum Gasteiger partial charge on any atom is 0.271 e. The van der Waals surface area contributed by atoms with E-state index in [0.717, 1.165) is 50.9 Å². The molecule has 2 atom stereocenters. The number of hydrogen-bond acceptors (Lipinski definition) is 4. The summed E-state index contributed by atoms with van der Waals surface area (Å²) in [7, 11) is 0. The Balaban J connectivity index is 1.63. The van der Waals surface area contributed by atoms with Crippen molar-refractivity contribution in [2.24, 2.45) is 5.92 Å². The molecule has 2 aliphatic rings. The van der Waals surface area contributed by atoms with Crippen LogP contribution in [0.2, 0.25) is 0 Å². The average Bonchev–Trinajstić information content (AvgIpc) is 2.87. The fourth-order valence-corrected chi connectivity index (χ4v) is 3.71. The van der Waals surface area contributed by atoms with Crippen LogP contribution in [-0.2, 0) is 4.79 Å². The maximum atomic E-state index is 12.9. The van der Waals surface area contributed by atoms with Crippen LogP contribution in [-0.4, -0.2) is 45.8 Å². The fraction of sp³-hybridized carbons (Fsp3) is 0.667. The molecule has 1 aromatic rings. The van der Waals surface area contributed by atoms with Gasteiger partial charge in [-0.1, -0.05) is 19.3 Å². The Morgan fingerprint density at radius 1 is 1.04 bits per heavy atom. The number of nitrogens with one attached hydrogen (secondary N) is 1. The van der Waals surface area contributed by atoms with Crippen molar-refractivity contribution in [2.45, 2.75) is 57.9 Å². The van der Waals surface area contributed by atoms with E-state index in [9.17, 15) is 9.59 Å². The van der Waals surface area contributed by atoms with Gasteiger partial charge in [0.2, 0.25) is 5.91 Å². The number of rotatable bonds is 3. The summed E-state index contributed by atoms with van der Waals surface area (Å²) >= 11 is 0. The molecule has 1 aliphatic heterocycles. The van der Waals surface area contributed by atoms with Gasteiger partial charge in [0.05, 0.1) is 17.8 Å². The van der Waals surface area contributed by atoms with E-state index in [4.69, 9.17) is 0 Å². The molecule has 1 saturated heterocycles. The van der Waals surface area contributed by atoms with Gasteiger partial charge in [0, 0.05) is 25.3 Å². The first-order valence-electron chi connectivity index (χ1n) is 9.03. The lowest BCUT2D eigenvalue weighted by atomic mass is 10.0. The van der Waals surface area contributed by atoms with Crippen LogP contribution in [0, 0.1) is 12.8 Å². The molecular weight excluding hydrogens is 304 g/mol. The quantitative estimate of drug-likeness (QED) is 0.921. The second kappa shape index (κ2) is 7.73. The van der Waals surface area contributed by atoms with Crippen molar-refractivity contribution in [1.82, 2.24) is 20.2 Å². The highest BCUT2D eigenvalue weighted by atomic mass is 16.2. The number of amides is 2. The van der Waals surface area contributed by atoms with Crippen LogP contribution in [0.3, 0.4) is 0 Å². The highest BCUT2D eigenvalue weighted by Gasteiger charge is 2.36. The van der Waals surface area contributed by atoms with Crippen LogP contribution in [0.25, 0.3) is 0 Å². The van der Waals surface area contributed by atoms with Gasteiger partial charge in [-0.2, -0.15) is 0 Å². The third kappa shape index (κ3) is 3.91. The molecule has 1 saturated carbocycles. The first kappa shape index (κ1) is 16.9. The van der Waals surface area contributed by atoms with Crippen molar-refractivity contribution < 1.29 is 9.59 Å². The monoisotopic (exact) mass is 330 g/mol. The van der Waals surface area contributed by atoms with Gasteiger partial charge < -0.3 is 10.2 Å². The molecule has 0 aromatic carbocycles. The highest BCUT2D eigenvalue weighted by molar-refractivity contribution is 5.92. The molecule has 1 N–H and O–H groups in total. The molecule has 2 fully saturated rings. The SMILES string of the molecule is Cc1cnc(C(=O)N[C@@H]2CCC[C@@H]2C(=O)N2CCCCCC2)cn1. The summed E-state index contributed by atoms with van der Waals surface area (Å²) in [6, 6.07) is -0.0867. The second-order valence-corrected chi connectivity index (χ2v) is 6.90. The largest absolute Gasteiger partial charge is 0.347 e. The van der Waals surface area contributed by atoms with Gasteiger partial charge in [0.25, 0.3) is 5.91 Å². The standard InChI is InChI=1S/C18H26N4O2/c1-13-11-20-16(12-19-13)17(23)21-15-8-6-7-14(15)18(24)22-9-4-2-3-5-10-22/h11-12,14-15H,2-10H2,1H3,(H,21,23)/t14-,15+/m0/s1. The average molecular weight is 330 g/mol. The number of aryl methyl sites for hydroxylation is 1. The van der Waals surface area contributed by atoms with Crippen LogP contribution in [0.5, 0.6) is 0 Å². The molecule has 1 aliphatic carbocycles. The van der Waals surface area contributed by atoms with E-state index >= 15 is 0 Å². The molecule has 0 unspecified atom stereocenters. The Labute approximate surface area is 143 Å². The molecule has 0 spiro atoms. The predicted octanol–water partition coefficient (Wildman–Crippen LogP) is 2.09. The molecule has 1 aromatic heterocycles. The van der Waals surface area contributed by atoms with E-state index in [2.05, 4.69) is 15.3 Å². The molecule has 6 heteroatoms. The van der Waals surface area contributed by atoms with E-state index < -0.39 is 0 Å². The predicted molar refractivity (Wildman–Crippen MR) is 90.4 cm³/mol. The zero-order chi connectivity index (χ0) is 16.9. The van der Waals surface area contributed by atoms with Crippen molar-refractivity contribution in [3.05, 3.63) is 23.8 Å². The lowest BCUT2D eigenvalue weighted by Crippen LogP contribution is -2.46. The zero-order valence-corrected chi connectivity index (χ0v) is 14.3. The van der Waals surface area contributed by atoms with Gasteiger partial charge in [-0.05, 0) is 32.6 Å². The van der Waals surface area contributed by atoms with Crippen molar-refractivity contribution >= 4 is 11.8 Å². The summed E-state index contributed by atoms with van der Waals surface area (Å²) in [5.74, 6) is -0.108. The van der Waals surface area contributed by atoms with E-state index in [-0.39, 0.29) is 23.8 Å². The summed E-state index contributed by atoms with van der Waals surface area (Å²) in [5, 5.41) is 3.01. The van der Waals surface area contributed by atoms with Crippen LogP contribution in [0.4, 0.5) is 0 Å². The van der Waals surface area contributed by atoms with Crippen LogP contribution in [0.15, 0.2) is 12.4 Å². The van der Waals surface area contributed by atoms with Crippen molar-refractivity contribution in [3.8, 4) is 0 Å². The third-order valence-corrected chi connectivity index (χ3v) is 5.08. The number of nitrogens with zero attached hydrogens (tertiary/aromatic N) is 3. The lowest BCUT2D eigenvalue weighted by molar-refractivity contribution is -0.135. The van der Waals surface area contributed by atoms with Gasteiger partial charge in [-0.25, -0.2) is 4.98 Å². The molecule has 24 heavy (non-hydrogen) atoms. The Kier molecular flexibility index (Phi) is 5.43. The number of carbonyl (C=O) groups is 2. The molecule has 6 nitrogen and oxygen atoms in total. The summed E-state index contributed by atoms with van der Waals surface area (Å²) in [6.07, 6.45) is 10.4. The molecule has 130 valence electrons. The van der Waals surface area contributed by atoms with Crippen molar-refractivity contribution in [1.29, 1.82) is 0 Å². The summed E-state index contributed by atoms with van der Waals surface area (Å²) in [5.41, 5.74) is 1.09. The van der Waals surface area contributed by atoms with Gasteiger partial charge in [-0.15, -0.1) is 0 Å². The lowest BCUT2D eigenvalue weighted by Gasteiger charge is -2.27. The van der Waals surface area contributed by atoms with Gasteiger partial charge in [0.1, 0.15) is 5.69 Å². The molecular formula is C18H26N4O2. The van der Waals surface area contributed by atoms with E-state index in [1.807, 2.05) is 11.8 Å². The Morgan fingerprint density at radius 3 is 2.46 bits per heavy atom.